The van der Waals surface area contributed by atoms with E-state index in [0.717, 1.165) is 24.2 Å². The Morgan fingerprint density at radius 2 is 2.10 bits per heavy atom. The Balaban J connectivity index is 1.67. The summed E-state index contributed by atoms with van der Waals surface area (Å²) in [4.78, 5) is 24.4. The lowest BCUT2D eigenvalue weighted by molar-refractivity contribution is -0.172. The first-order chi connectivity index (χ1) is 13.9. The number of rotatable bonds is 3. The second-order valence-electron chi connectivity index (χ2n) is 8.97. The fourth-order valence-corrected chi connectivity index (χ4v) is 6.48. The van der Waals surface area contributed by atoms with Crippen molar-refractivity contribution >= 4 is 11.7 Å². The molecule has 1 heterocycles. The Labute approximate surface area is 168 Å². The van der Waals surface area contributed by atoms with E-state index in [9.17, 15) is 19.8 Å². The third kappa shape index (κ3) is 2.45. The predicted octanol–water partition coefficient (Wildman–Crippen LogP) is 2.63. The molecule has 1 aromatic carbocycles. The highest BCUT2D eigenvalue weighted by molar-refractivity contribution is 5.96. The number of benzene rings is 1. The normalized spacial score (nSPS) is 33.1. The van der Waals surface area contributed by atoms with Crippen molar-refractivity contribution in [1.82, 2.24) is 0 Å². The number of carbonyl (C=O) groups is 2. The van der Waals surface area contributed by atoms with Gasteiger partial charge in [-0.05, 0) is 61.3 Å². The highest BCUT2D eigenvalue weighted by Gasteiger charge is 2.65. The van der Waals surface area contributed by atoms with Crippen LogP contribution in [0.4, 0.5) is 0 Å². The molecule has 3 aliphatic rings. The van der Waals surface area contributed by atoms with Crippen LogP contribution in [0.3, 0.4) is 0 Å². The molecule has 2 fully saturated rings. The molecule has 4 unspecified atom stereocenters. The smallest absolute Gasteiger partial charge is 0.252 e. The van der Waals surface area contributed by atoms with Gasteiger partial charge in [0.15, 0.2) is 0 Å². The third-order valence-corrected chi connectivity index (χ3v) is 7.73. The van der Waals surface area contributed by atoms with E-state index in [-0.39, 0.29) is 35.4 Å². The SMILES string of the molecule is NC(=O)c1ccc2c(c1O)C13CCC(Cc4ccco4)C(C2)C1(O)CCC(=O)C3. The van der Waals surface area contributed by atoms with E-state index in [2.05, 4.69) is 0 Å². The first kappa shape index (κ1) is 18.4. The molecule has 1 aromatic heterocycles. The van der Waals surface area contributed by atoms with Crippen LogP contribution in [-0.4, -0.2) is 27.5 Å². The van der Waals surface area contributed by atoms with E-state index < -0.39 is 16.9 Å². The van der Waals surface area contributed by atoms with Gasteiger partial charge in [0.1, 0.15) is 17.3 Å². The van der Waals surface area contributed by atoms with Crippen molar-refractivity contribution in [2.45, 2.75) is 56.0 Å². The minimum Gasteiger partial charge on any atom is -0.507 e. The average molecular weight is 395 g/mol. The van der Waals surface area contributed by atoms with Crippen LogP contribution in [0, 0.1) is 11.8 Å². The number of ketones is 1. The lowest BCUT2D eigenvalue weighted by atomic mass is 9.43. The molecule has 152 valence electrons. The summed E-state index contributed by atoms with van der Waals surface area (Å²) in [6.45, 7) is 0. The van der Waals surface area contributed by atoms with Crippen LogP contribution in [0.25, 0.3) is 0 Å². The van der Waals surface area contributed by atoms with E-state index in [0.29, 0.717) is 31.2 Å². The summed E-state index contributed by atoms with van der Waals surface area (Å²) in [6, 6.07) is 7.21. The highest BCUT2D eigenvalue weighted by Crippen LogP contribution is 2.64. The van der Waals surface area contributed by atoms with Crippen LogP contribution >= 0.6 is 0 Å². The summed E-state index contributed by atoms with van der Waals surface area (Å²) in [6.07, 6.45) is 5.32. The van der Waals surface area contributed by atoms with Gasteiger partial charge in [0.25, 0.3) is 5.91 Å². The van der Waals surface area contributed by atoms with Gasteiger partial charge in [-0.2, -0.15) is 0 Å². The second kappa shape index (κ2) is 6.20. The van der Waals surface area contributed by atoms with Gasteiger partial charge in [-0.3, -0.25) is 9.59 Å². The Morgan fingerprint density at radius 3 is 2.83 bits per heavy atom. The first-order valence-electron chi connectivity index (χ1n) is 10.3. The molecule has 0 radical (unpaired) electrons. The summed E-state index contributed by atoms with van der Waals surface area (Å²) in [5.74, 6) is 0.303. The standard InChI is InChI=1S/C23H25NO5/c24-21(27)17-4-3-14-11-18-13(10-16-2-1-9-29-16)5-7-22(19(14)20(17)26)12-15(25)6-8-23(18,22)28/h1-4,9,13,18,26,28H,5-8,10-12H2,(H2,24,27). The first-order valence-corrected chi connectivity index (χ1v) is 10.3. The van der Waals surface area contributed by atoms with Crippen LogP contribution in [0.1, 0.15) is 59.3 Å². The van der Waals surface area contributed by atoms with Crippen molar-refractivity contribution in [3.8, 4) is 5.75 Å². The lowest BCUT2D eigenvalue weighted by Crippen LogP contribution is -2.67. The highest BCUT2D eigenvalue weighted by atomic mass is 16.3. The second-order valence-corrected chi connectivity index (χ2v) is 8.97. The van der Waals surface area contributed by atoms with Crippen molar-refractivity contribution < 1.29 is 24.2 Å². The summed E-state index contributed by atoms with van der Waals surface area (Å²) in [5.41, 5.74) is 5.02. The van der Waals surface area contributed by atoms with E-state index in [1.54, 1.807) is 12.3 Å². The number of aromatic hydroxyl groups is 1. The molecule has 2 saturated carbocycles. The monoisotopic (exact) mass is 395 g/mol. The summed E-state index contributed by atoms with van der Waals surface area (Å²) < 4.78 is 5.56. The summed E-state index contributed by atoms with van der Waals surface area (Å²) in [5, 5.41) is 23.1. The molecule has 4 N–H and O–H groups in total. The van der Waals surface area contributed by atoms with Gasteiger partial charge < -0.3 is 20.4 Å². The topological polar surface area (TPSA) is 114 Å². The van der Waals surface area contributed by atoms with Crippen LogP contribution < -0.4 is 5.73 Å². The number of carbonyl (C=O) groups excluding carboxylic acids is 2. The van der Waals surface area contributed by atoms with Gasteiger partial charge in [0.05, 0.1) is 17.4 Å². The number of hydrogen-bond donors (Lipinski definition) is 3. The Bertz CT molecular complexity index is 997. The molecule has 1 amide bonds. The maximum Gasteiger partial charge on any atom is 0.252 e. The average Bonchev–Trinajstić information content (AvgIpc) is 3.17. The van der Waals surface area contributed by atoms with Gasteiger partial charge in [0, 0.05) is 30.2 Å². The molecule has 3 aliphatic carbocycles. The van der Waals surface area contributed by atoms with E-state index in [4.69, 9.17) is 10.2 Å². The largest absolute Gasteiger partial charge is 0.507 e. The summed E-state index contributed by atoms with van der Waals surface area (Å²) in [7, 11) is 0. The Hall–Kier alpha value is -2.60. The fraction of sp³-hybridized carbons (Fsp3) is 0.478. The molecule has 6 heteroatoms. The van der Waals surface area contributed by atoms with Crippen LogP contribution in [0.15, 0.2) is 34.9 Å². The summed E-state index contributed by atoms with van der Waals surface area (Å²) >= 11 is 0. The number of primary amides is 1. The van der Waals surface area contributed by atoms with Crippen LogP contribution in [0.5, 0.6) is 5.75 Å². The number of Topliss-reactive ketones (excluding diaryl/α,β-unsaturated/α-hetero) is 1. The predicted molar refractivity (Wildman–Crippen MR) is 104 cm³/mol. The molecule has 2 aromatic rings. The van der Waals surface area contributed by atoms with Gasteiger partial charge in [-0.25, -0.2) is 0 Å². The van der Waals surface area contributed by atoms with E-state index in [1.165, 1.54) is 0 Å². The number of hydrogen-bond acceptors (Lipinski definition) is 5. The van der Waals surface area contributed by atoms with E-state index in [1.807, 2.05) is 18.2 Å². The van der Waals surface area contributed by atoms with Crippen molar-refractivity contribution in [2.24, 2.45) is 17.6 Å². The molecular weight excluding hydrogens is 370 g/mol. The molecular formula is C23H25NO5. The number of nitrogens with two attached hydrogens (primary N) is 1. The van der Waals surface area contributed by atoms with Gasteiger partial charge in [0.2, 0.25) is 0 Å². The van der Waals surface area contributed by atoms with Gasteiger partial charge in [-0.15, -0.1) is 0 Å². The maximum atomic E-state index is 12.5. The number of fused-ring (bicyclic) bond motifs is 1. The molecule has 5 rings (SSSR count). The maximum absolute atomic E-state index is 12.5. The lowest BCUT2D eigenvalue weighted by Gasteiger charge is -2.62. The molecule has 2 bridgehead atoms. The fourth-order valence-electron chi connectivity index (χ4n) is 6.48. The molecule has 4 atom stereocenters. The van der Waals surface area contributed by atoms with Gasteiger partial charge in [-0.1, -0.05) is 6.07 Å². The minimum absolute atomic E-state index is 0.0409. The number of aliphatic hydroxyl groups is 1. The molecule has 0 saturated heterocycles. The van der Waals surface area contributed by atoms with Crippen molar-refractivity contribution in [1.29, 1.82) is 0 Å². The minimum atomic E-state index is -1.10. The molecule has 29 heavy (non-hydrogen) atoms. The number of furan rings is 1. The Morgan fingerprint density at radius 1 is 1.28 bits per heavy atom. The zero-order valence-electron chi connectivity index (χ0n) is 16.2. The number of amides is 1. The number of phenols is 1. The van der Waals surface area contributed by atoms with Gasteiger partial charge >= 0.3 is 0 Å². The van der Waals surface area contributed by atoms with E-state index >= 15 is 0 Å². The van der Waals surface area contributed by atoms with Crippen molar-refractivity contribution in [3.63, 3.8) is 0 Å². The van der Waals surface area contributed by atoms with Crippen LogP contribution in [0.2, 0.25) is 0 Å². The molecule has 6 nitrogen and oxygen atoms in total. The molecule has 0 spiro atoms. The van der Waals surface area contributed by atoms with Crippen molar-refractivity contribution in [2.75, 3.05) is 0 Å². The third-order valence-electron chi connectivity index (χ3n) is 7.73. The molecule has 0 aliphatic heterocycles. The van der Waals surface area contributed by atoms with Crippen molar-refractivity contribution in [3.05, 3.63) is 53.0 Å². The van der Waals surface area contributed by atoms with Crippen LogP contribution in [-0.2, 0) is 23.1 Å². The zero-order valence-corrected chi connectivity index (χ0v) is 16.2. The quantitative estimate of drug-likeness (QED) is 0.739. The zero-order chi connectivity index (χ0) is 20.4. The Kier molecular flexibility index (Phi) is 3.94.